The molecule has 1 saturated heterocycles. The Morgan fingerprint density at radius 3 is 2.31 bits per heavy atom. The monoisotopic (exact) mass is 349 g/mol. The molecule has 26 heavy (non-hydrogen) atoms. The topological polar surface area (TPSA) is 46.6 Å². The first-order chi connectivity index (χ1) is 12.6. The van der Waals surface area contributed by atoms with Gasteiger partial charge in [0.25, 0.3) is 0 Å². The number of nitrogens with zero attached hydrogens (tertiary/aromatic N) is 1. The summed E-state index contributed by atoms with van der Waals surface area (Å²) in [7, 11) is 1.41. The number of rotatable bonds is 5. The highest BCUT2D eigenvalue weighted by atomic mass is 16.5. The minimum Gasteiger partial charge on any atom is -0.469 e. The SMILES string of the molecule is COC(=O)[C@H]1C/C(=C\C(=O)c2ccccc2)N([C@H](C)c2ccccc2)C1. The number of likely N-dealkylation sites (tertiary alicyclic amines) is 1. The van der Waals surface area contributed by atoms with Crippen LogP contribution in [0.15, 0.2) is 72.4 Å². The van der Waals surface area contributed by atoms with Crippen molar-refractivity contribution in [1.82, 2.24) is 4.90 Å². The molecule has 2 atom stereocenters. The van der Waals surface area contributed by atoms with E-state index >= 15 is 0 Å². The van der Waals surface area contributed by atoms with Gasteiger partial charge in [-0.05, 0) is 12.5 Å². The standard InChI is InChI=1S/C22H23NO3/c1-16(17-9-5-3-6-10-17)23-15-19(22(25)26-2)13-20(23)14-21(24)18-11-7-4-8-12-18/h3-12,14,16,19H,13,15H2,1-2H3/b20-14+/t16-,19+/m1/s1. The molecule has 1 aliphatic heterocycles. The highest BCUT2D eigenvalue weighted by Crippen LogP contribution is 2.35. The predicted molar refractivity (Wildman–Crippen MR) is 101 cm³/mol. The van der Waals surface area contributed by atoms with Crippen molar-refractivity contribution in [2.45, 2.75) is 19.4 Å². The van der Waals surface area contributed by atoms with Crippen molar-refractivity contribution in [3.05, 3.63) is 83.6 Å². The number of benzene rings is 2. The molecule has 0 N–H and O–H groups in total. The van der Waals surface area contributed by atoms with Crippen LogP contribution < -0.4 is 0 Å². The number of ether oxygens (including phenoxy) is 1. The molecule has 4 heteroatoms. The fourth-order valence-electron chi connectivity index (χ4n) is 3.41. The van der Waals surface area contributed by atoms with E-state index in [9.17, 15) is 9.59 Å². The number of hydrogen-bond donors (Lipinski definition) is 0. The van der Waals surface area contributed by atoms with E-state index in [1.165, 1.54) is 7.11 Å². The maximum Gasteiger partial charge on any atom is 0.310 e. The van der Waals surface area contributed by atoms with Crippen molar-refractivity contribution in [2.24, 2.45) is 5.92 Å². The average Bonchev–Trinajstić information content (AvgIpc) is 3.11. The molecule has 1 aliphatic rings. The minimum atomic E-state index is -0.249. The lowest BCUT2D eigenvalue weighted by molar-refractivity contribution is -0.145. The van der Waals surface area contributed by atoms with Gasteiger partial charge in [0.1, 0.15) is 0 Å². The molecule has 0 spiro atoms. The number of allylic oxidation sites excluding steroid dienone is 2. The van der Waals surface area contributed by atoms with Crippen LogP contribution in [0.25, 0.3) is 0 Å². The molecular weight excluding hydrogens is 326 g/mol. The van der Waals surface area contributed by atoms with E-state index in [-0.39, 0.29) is 23.7 Å². The van der Waals surface area contributed by atoms with E-state index in [1.807, 2.05) is 36.4 Å². The van der Waals surface area contributed by atoms with Gasteiger partial charge < -0.3 is 9.64 Å². The van der Waals surface area contributed by atoms with Gasteiger partial charge in [-0.1, -0.05) is 60.7 Å². The lowest BCUT2D eigenvalue weighted by Gasteiger charge is -2.28. The van der Waals surface area contributed by atoms with Gasteiger partial charge in [-0.15, -0.1) is 0 Å². The van der Waals surface area contributed by atoms with E-state index in [4.69, 9.17) is 4.74 Å². The Labute approximate surface area is 154 Å². The van der Waals surface area contributed by atoms with Crippen molar-refractivity contribution in [1.29, 1.82) is 0 Å². The first kappa shape index (κ1) is 17.9. The van der Waals surface area contributed by atoms with Crippen LogP contribution in [-0.4, -0.2) is 30.3 Å². The van der Waals surface area contributed by atoms with Crippen molar-refractivity contribution in [2.75, 3.05) is 13.7 Å². The van der Waals surface area contributed by atoms with Crippen LogP contribution in [0.3, 0.4) is 0 Å². The molecule has 0 radical (unpaired) electrons. The van der Waals surface area contributed by atoms with Crippen LogP contribution in [-0.2, 0) is 9.53 Å². The van der Waals surface area contributed by atoms with Crippen LogP contribution in [0.5, 0.6) is 0 Å². The number of carbonyl (C=O) groups is 2. The molecule has 4 nitrogen and oxygen atoms in total. The molecule has 2 aromatic carbocycles. The maximum atomic E-state index is 12.6. The molecule has 1 heterocycles. The molecular formula is C22H23NO3. The lowest BCUT2D eigenvalue weighted by atomic mass is 10.1. The summed E-state index contributed by atoms with van der Waals surface area (Å²) in [6.45, 7) is 2.65. The highest BCUT2D eigenvalue weighted by molar-refractivity contribution is 6.04. The van der Waals surface area contributed by atoms with Crippen molar-refractivity contribution in [3.63, 3.8) is 0 Å². The van der Waals surface area contributed by atoms with Crippen LogP contribution >= 0.6 is 0 Å². The van der Waals surface area contributed by atoms with Crippen LogP contribution in [0.4, 0.5) is 0 Å². The summed E-state index contributed by atoms with van der Waals surface area (Å²) in [6, 6.07) is 19.4. The molecule has 3 rings (SSSR count). The van der Waals surface area contributed by atoms with Gasteiger partial charge in [0.15, 0.2) is 5.78 Å². The van der Waals surface area contributed by atoms with Crippen LogP contribution in [0.2, 0.25) is 0 Å². The summed E-state index contributed by atoms with van der Waals surface area (Å²) in [6.07, 6.45) is 2.18. The van der Waals surface area contributed by atoms with E-state index in [0.29, 0.717) is 18.5 Å². The summed E-state index contributed by atoms with van der Waals surface area (Å²) >= 11 is 0. The molecule has 0 bridgehead atoms. The third-order valence-corrected chi connectivity index (χ3v) is 4.88. The number of ketones is 1. The summed E-state index contributed by atoms with van der Waals surface area (Å²) in [5, 5.41) is 0. The average molecular weight is 349 g/mol. The summed E-state index contributed by atoms with van der Waals surface area (Å²) in [5.74, 6) is -0.525. The van der Waals surface area contributed by atoms with E-state index in [2.05, 4.69) is 24.0 Å². The fraction of sp³-hybridized carbons (Fsp3) is 0.273. The Morgan fingerprint density at radius 2 is 1.69 bits per heavy atom. The third-order valence-electron chi connectivity index (χ3n) is 4.88. The second-order valence-electron chi connectivity index (χ2n) is 6.53. The smallest absolute Gasteiger partial charge is 0.310 e. The summed E-state index contributed by atoms with van der Waals surface area (Å²) < 4.78 is 4.93. The van der Waals surface area contributed by atoms with E-state index < -0.39 is 0 Å². The first-order valence-electron chi connectivity index (χ1n) is 8.79. The molecule has 0 amide bonds. The quantitative estimate of drug-likeness (QED) is 0.465. The molecule has 2 aromatic rings. The molecule has 0 saturated carbocycles. The van der Waals surface area contributed by atoms with Crippen LogP contribution in [0, 0.1) is 5.92 Å². The molecule has 1 fully saturated rings. The van der Waals surface area contributed by atoms with Crippen LogP contribution in [0.1, 0.15) is 35.3 Å². The number of methoxy groups -OCH3 is 1. The normalized spacial score (nSPS) is 19.4. The summed E-state index contributed by atoms with van der Waals surface area (Å²) in [4.78, 5) is 26.8. The molecule has 134 valence electrons. The Balaban J connectivity index is 1.90. The largest absolute Gasteiger partial charge is 0.469 e. The maximum absolute atomic E-state index is 12.6. The zero-order chi connectivity index (χ0) is 18.5. The first-order valence-corrected chi connectivity index (χ1v) is 8.79. The lowest BCUT2D eigenvalue weighted by Crippen LogP contribution is -2.26. The zero-order valence-corrected chi connectivity index (χ0v) is 15.1. The fourth-order valence-corrected chi connectivity index (χ4v) is 3.41. The van der Waals surface area contributed by atoms with Gasteiger partial charge in [0.05, 0.1) is 19.1 Å². The van der Waals surface area contributed by atoms with Gasteiger partial charge in [0.2, 0.25) is 0 Å². The van der Waals surface area contributed by atoms with Gasteiger partial charge in [0, 0.05) is 30.3 Å². The van der Waals surface area contributed by atoms with Crippen molar-refractivity contribution < 1.29 is 14.3 Å². The van der Waals surface area contributed by atoms with Gasteiger partial charge in [-0.3, -0.25) is 9.59 Å². The molecule has 0 unspecified atom stereocenters. The zero-order valence-electron chi connectivity index (χ0n) is 15.1. The number of hydrogen-bond acceptors (Lipinski definition) is 4. The predicted octanol–water partition coefficient (Wildman–Crippen LogP) is 4.01. The number of esters is 1. The molecule has 0 aromatic heterocycles. The second-order valence-corrected chi connectivity index (χ2v) is 6.53. The second kappa shape index (κ2) is 8.00. The van der Waals surface area contributed by atoms with Gasteiger partial charge in [-0.25, -0.2) is 0 Å². The highest BCUT2D eigenvalue weighted by Gasteiger charge is 2.35. The van der Waals surface area contributed by atoms with Crippen molar-refractivity contribution >= 4 is 11.8 Å². The Hall–Kier alpha value is -2.88. The molecule has 0 aliphatic carbocycles. The third kappa shape index (κ3) is 3.85. The Kier molecular flexibility index (Phi) is 5.52. The van der Waals surface area contributed by atoms with Gasteiger partial charge >= 0.3 is 5.97 Å². The van der Waals surface area contributed by atoms with E-state index in [1.54, 1.807) is 18.2 Å². The van der Waals surface area contributed by atoms with Gasteiger partial charge in [-0.2, -0.15) is 0 Å². The summed E-state index contributed by atoms with van der Waals surface area (Å²) in [5.41, 5.74) is 2.68. The van der Waals surface area contributed by atoms with Crippen molar-refractivity contribution in [3.8, 4) is 0 Å². The minimum absolute atomic E-state index is 0.0450. The Morgan fingerprint density at radius 1 is 1.08 bits per heavy atom. The number of carbonyl (C=O) groups excluding carboxylic acids is 2. The Bertz CT molecular complexity index is 799. The van der Waals surface area contributed by atoms with E-state index in [0.717, 1.165) is 11.3 Å².